The van der Waals surface area contributed by atoms with Crippen molar-refractivity contribution in [2.75, 3.05) is 0 Å². The molecule has 20 heavy (non-hydrogen) atoms. The largest absolute Gasteiger partial charge is 0.330 e. The second-order valence-electron chi connectivity index (χ2n) is 4.25. The topological polar surface area (TPSA) is 61.1 Å². The Balaban J connectivity index is 2.69. The van der Waals surface area contributed by atoms with Crippen LogP contribution in [0.4, 0.5) is 0 Å². The Kier molecular flexibility index (Phi) is 3.96. The molecule has 0 bridgehead atoms. The Morgan fingerprint density at radius 2 is 1.85 bits per heavy atom. The molecule has 0 atom stereocenters. The highest BCUT2D eigenvalue weighted by molar-refractivity contribution is 9.10. The predicted octanol–water partition coefficient (Wildman–Crippen LogP) is 1.73. The summed E-state index contributed by atoms with van der Waals surface area (Å²) in [5.41, 5.74) is -1.03. The van der Waals surface area contributed by atoms with Crippen molar-refractivity contribution in [1.29, 1.82) is 0 Å². The molecule has 0 N–H and O–H groups in total. The van der Waals surface area contributed by atoms with E-state index in [4.69, 9.17) is 11.6 Å². The number of benzene rings is 1. The van der Waals surface area contributed by atoms with E-state index in [0.717, 1.165) is 4.57 Å². The van der Waals surface area contributed by atoms with Crippen LogP contribution >= 0.6 is 27.5 Å². The Bertz CT molecular complexity index is 823. The van der Waals surface area contributed by atoms with Crippen LogP contribution in [-0.2, 0) is 14.1 Å². The second kappa shape index (κ2) is 5.38. The molecule has 0 saturated heterocycles. The zero-order chi connectivity index (χ0) is 15.0. The molecule has 5 nitrogen and oxygen atoms in total. The van der Waals surface area contributed by atoms with Gasteiger partial charge in [-0.05, 0) is 18.2 Å². The number of nitrogens with zero attached hydrogens (tertiary/aromatic N) is 2. The molecule has 0 radical (unpaired) electrons. The molecule has 0 amide bonds. The highest BCUT2D eigenvalue weighted by atomic mass is 79.9. The van der Waals surface area contributed by atoms with Crippen LogP contribution in [-0.4, -0.2) is 14.9 Å². The van der Waals surface area contributed by atoms with Gasteiger partial charge in [-0.2, -0.15) is 0 Å². The molecule has 1 aromatic carbocycles. The minimum Gasteiger partial charge on any atom is -0.303 e. The van der Waals surface area contributed by atoms with E-state index in [2.05, 4.69) is 15.9 Å². The first-order valence-electron chi connectivity index (χ1n) is 5.59. The first-order valence-corrected chi connectivity index (χ1v) is 6.76. The lowest BCUT2D eigenvalue weighted by Crippen LogP contribution is -2.39. The van der Waals surface area contributed by atoms with Gasteiger partial charge in [-0.15, -0.1) is 0 Å². The van der Waals surface area contributed by atoms with Crippen molar-refractivity contribution >= 4 is 33.3 Å². The summed E-state index contributed by atoms with van der Waals surface area (Å²) in [5, 5.41) is 0.245. The van der Waals surface area contributed by atoms with Gasteiger partial charge in [0.25, 0.3) is 5.56 Å². The lowest BCUT2D eigenvalue weighted by Gasteiger charge is -2.07. The molecule has 0 aliphatic carbocycles. The third-order valence-corrected chi connectivity index (χ3v) is 3.69. The Hall–Kier alpha value is -1.66. The van der Waals surface area contributed by atoms with Crippen LogP contribution in [0.1, 0.15) is 15.9 Å². The monoisotopic (exact) mass is 356 g/mol. The van der Waals surface area contributed by atoms with Gasteiger partial charge >= 0.3 is 5.69 Å². The maximum absolute atomic E-state index is 12.4. The van der Waals surface area contributed by atoms with Crippen molar-refractivity contribution in [2.24, 2.45) is 14.1 Å². The summed E-state index contributed by atoms with van der Waals surface area (Å²) >= 11 is 9.23. The van der Waals surface area contributed by atoms with Crippen LogP contribution < -0.4 is 11.2 Å². The Morgan fingerprint density at radius 3 is 2.50 bits per heavy atom. The van der Waals surface area contributed by atoms with Gasteiger partial charge in [-0.3, -0.25) is 14.2 Å². The van der Waals surface area contributed by atoms with Gasteiger partial charge in [0.1, 0.15) is 5.56 Å². The summed E-state index contributed by atoms with van der Waals surface area (Å²) in [6.07, 6.45) is 1.23. The van der Waals surface area contributed by atoms with Crippen molar-refractivity contribution in [1.82, 2.24) is 9.13 Å². The van der Waals surface area contributed by atoms with Crippen LogP contribution in [0.5, 0.6) is 0 Å². The molecule has 1 heterocycles. The maximum atomic E-state index is 12.4. The average Bonchev–Trinajstić information content (AvgIpc) is 2.42. The summed E-state index contributed by atoms with van der Waals surface area (Å²) in [7, 11) is 2.80. The number of rotatable bonds is 2. The number of hydrogen-bond acceptors (Lipinski definition) is 3. The average molecular weight is 358 g/mol. The van der Waals surface area contributed by atoms with E-state index in [9.17, 15) is 14.4 Å². The fourth-order valence-corrected chi connectivity index (χ4v) is 2.35. The lowest BCUT2D eigenvalue weighted by atomic mass is 10.1. The number of carbonyl (C=O) groups is 1. The minimum absolute atomic E-state index is 0.102. The Morgan fingerprint density at radius 1 is 1.20 bits per heavy atom. The Labute approximate surface area is 127 Å². The number of aromatic nitrogens is 2. The molecule has 2 rings (SSSR count). The van der Waals surface area contributed by atoms with E-state index in [0.29, 0.717) is 4.47 Å². The lowest BCUT2D eigenvalue weighted by molar-refractivity contribution is 0.103. The van der Waals surface area contributed by atoms with Crippen LogP contribution in [0.25, 0.3) is 0 Å². The number of halogens is 2. The summed E-state index contributed by atoms with van der Waals surface area (Å²) in [6.45, 7) is 0. The summed E-state index contributed by atoms with van der Waals surface area (Å²) in [6, 6.07) is 4.79. The van der Waals surface area contributed by atoms with Gasteiger partial charge in [-0.1, -0.05) is 27.5 Å². The van der Waals surface area contributed by atoms with Crippen LogP contribution in [0.2, 0.25) is 5.02 Å². The van der Waals surface area contributed by atoms with Gasteiger partial charge < -0.3 is 4.57 Å². The predicted molar refractivity (Wildman–Crippen MR) is 79.5 cm³/mol. The van der Waals surface area contributed by atoms with Gasteiger partial charge in [-0.25, -0.2) is 4.79 Å². The van der Waals surface area contributed by atoms with Gasteiger partial charge in [0.15, 0.2) is 0 Å². The van der Waals surface area contributed by atoms with Gasteiger partial charge in [0.2, 0.25) is 5.78 Å². The molecule has 7 heteroatoms. The standard InChI is InChI=1S/C13H10BrClN2O3/c1-16-6-9(12(19)17(2)13(16)20)11(18)8-5-7(14)3-4-10(8)15/h3-6H,1-2H3. The third kappa shape index (κ3) is 2.48. The first-order chi connectivity index (χ1) is 9.32. The van der Waals surface area contributed by atoms with Crippen molar-refractivity contribution in [3.8, 4) is 0 Å². The molecule has 0 aliphatic heterocycles. The van der Waals surface area contributed by atoms with E-state index in [1.165, 1.54) is 30.9 Å². The van der Waals surface area contributed by atoms with Crippen LogP contribution in [0, 0.1) is 0 Å². The maximum Gasteiger partial charge on any atom is 0.330 e. The smallest absolute Gasteiger partial charge is 0.303 e. The van der Waals surface area contributed by atoms with Crippen molar-refractivity contribution in [3.05, 3.63) is 65.9 Å². The van der Waals surface area contributed by atoms with E-state index >= 15 is 0 Å². The molecule has 0 aliphatic rings. The molecule has 1 aromatic heterocycles. The summed E-state index contributed by atoms with van der Waals surface area (Å²) < 4.78 is 2.74. The molecule has 0 saturated carbocycles. The number of hydrogen-bond donors (Lipinski definition) is 0. The fourth-order valence-electron chi connectivity index (χ4n) is 1.78. The molecule has 0 fully saturated rings. The molecular weight excluding hydrogens is 348 g/mol. The quantitative estimate of drug-likeness (QED) is 0.769. The SMILES string of the molecule is Cn1cc(C(=O)c2cc(Br)ccc2Cl)c(=O)n(C)c1=O. The van der Waals surface area contributed by atoms with Gasteiger partial charge in [0, 0.05) is 30.3 Å². The fraction of sp³-hybridized carbons (Fsp3) is 0.154. The van der Waals surface area contributed by atoms with Crippen LogP contribution in [0.3, 0.4) is 0 Å². The van der Waals surface area contributed by atoms with E-state index < -0.39 is 17.0 Å². The zero-order valence-electron chi connectivity index (χ0n) is 10.7. The van der Waals surface area contributed by atoms with Crippen LogP contribution in [0.15, 0.2) is 38.5 Å². The highest BCUT2D eigenvalue weighted by Crippen LogP contribution is 2.22. The normalized spacial score (nSPS) is 10.6. The zero-order valence-corrected chi connectivity index (χ0v) is 13.0. The molecule has 2 aromatic rings. The van der Waals surface area contributed by atoms with Crippen molar-refractivity contribution < 1.29 is 4.79 Å². The summed E-state index contributed by atoms with van der Waals surface area (Å²) in [4.78, 5) is 36.1. The molecular formula is C13H10BrClN2O3. The van der Waals surface area contributed by atoms with E-state index in [1.54, 1.807) is 12.1 Å². The summed E-state index contributed by atoms with van der Waals surface area (Å²) in [5.74, 6) is -0.521. The number of carbonyl (C=O) groups excluding carboxylic acids is 1. The van der Waals surface area contributed by atoms with Crippen molar-refractivity contribution in [3.63, 3.8) is 0 Å². The number of aryl methyl sites for hydroxylation is 1. The third-order valence-electron chi connectivity index (χ3n) is 2.86. The molecule has 104 valence electrons. The van der Waals surface area contributed by atoms with Crippen molar-refractivity contribution in [2.45, 2.75) is 0 Å². The minimum atomic E-state index is -0.644. The molecule has 0 spiro atoms. The van der Waals surface area contributed by atoms with E-state index in [-0.39, 0.29) is 16.1 Å². The highest BCUT2D eigenvalue weighted by Gasteiger charge is 2.19. The molecule has 0 unspecified atom stereocenters. The van der Waals surface area contributed by atoms with E-state index in [1.807, 2.05) is 0 Å². The first kappa shape index (κ1) is 14.7. The second-order valence-corrected chi connectivity index (χ2v) is 5.58. The number of ketones is 1. The van der Waals surface area contributed by atoms with Gasteiger partial charge in [0.05, 0.1) is 5.02 Å².